The quantitative estimate of drug-likeness (QED) is 0.906. The number of hydrogen-bond acceptors (Lipinski definition) is 3. The summed E-state index contributed by atoms with van der Waals surface area (Å²) in [6, 6.07) is 6.99. The van der Waals surface area contributed by atoms with E-state index in [2.05, 4.69) is 19.0 Å². The first kappa shape index (κ1) is 16.3. The standard InChI is InChI=1S/C16H23ClN2O2/c1-18(2)10-12-7-8-19(11-12)16(21)9-15(20)13-3-5-14(17)6-4-13/h3-6,12,15,20H,7-11H2,1-2H3. The van der Waals surface area contributed by atoms with Crippen LogP contribution < -0.4 is 0 Å². The lowest BCUT2D eigenvalue weighted by Crippen LogP contribution is -2.31. The Morgan fingerprint density at radius 3 is 2.71 bits per heavy atom. The predicted molar refractivity (Wildman–Crippen MR) is 84.3 cm³/mol. The molecular formula is C16H23ClN2O2. The Bertz CT molecular complexity index is 476. The Kier molecular flexibility index (Phi) is 5.62. The molecule has 1 saturated heterocycles. The molecule has 1 heterocycles. The molecule has 1 aromatic rings. The van der Waals surface area contributed by atoms with Crippen LogP contribution in [0.1, 0.15) is 24.5 Å². The second-order valence-corrected chi connectivity index (χ2v) is 6.46. The van der Waals surface area contributed by atoms with Gasteiger partial charge in [-0.15, -0.1) is 0 Å². The van der Waals surface area contributed by atoms with Gasteiger partial charge in [0.05, 0.1) is 12.5 Å². The zero-order chi connectivity index (χ0) is 15.4. The van der Waals surface area contributed by atoms with Crippen molar-refractivity contribution in [2.45, 2.75) is 18.9 Å². The van der Waals surface area contributed by atoms with Gasteiger partial charge in [-0.05, 0) is 44.1 Å². The van der Waals surface area contributed by atoms with Crippen LogP contribution in [0.5, 0.6) is 0 Å². The van der Waals surface area contributed by atoms with Crippen molar-refractivity contribution in [2.75, 3.05) is 33.7 Å². The van der Waals surface area contributed by atoms with E-state index < -0.39 is 6.10 Å². The molecule has 0 bridgehead atoms. The maximum Gasteiger partial charge on any atom is 0.225 e. The molecule has 2 rings (SSSR count). The molecule has 21 heavy (non-hydrogen) atoms. The van der Waals surface area contributed by atoms with Gasteiger partial charge in [-0.1, -0.05) is 23.7 Å². The molecule has 116 valence electrons. The van der Waals surface area contributed by atoms with Gasteiger partial charge in [0.1, 0.15) is 0 Å². The molecule has 2 atom stereocenters. The van der Waals surface area contributed by atoms with E-state index in [0.717, 1.165) is 31.6 Å². The number of rotatable bonds is 5. The van der Waals surface area contributed by atoms with Gasteiger partial charge in [0.2, 0.25) is 5.91 Å². The molecule has 0 aromatic heterocycles. The van der Waals surface area contributed by atoms with Crippen LogP contribution in [-0.2, 0) is 4.79 Å². The Morgan fingerprint density at radius 1 is 1.43 bits per heavy atom. The molecule has 5 heteroatoms. The lowest BCUT2D eigenvalue weighted by molar-refractivity contribution is -0.132. The van der Waals surface area contributed by atoms with Crippen LogP contribution in [0, 0.1) is 5.92 Å². The van der Waals surface area contributed by atoms with Crippen molar-refractivity contribution in [1.82, 2.24) is 9.80 Å². The zero-order valence-corrected chi connectivity index (χ0v) is 13.4. The minimum atomic E-state index is -0.761. The number of hydrogen-bond donors (Lipinski definition) is 1. The summed E-state index contributed by atoms with van der Waals surface area (Å²) in [6.07, 6.45) is 0.416. The maximum atomic E-state index is 12.3. The summed E-state index contributed by atoms with van der Waals surface area (Å²) in [4.78, 5) is 16.3. The molecule has 1 aliphatic heterocycles. The molecule has 1 amide bonds. The Morgan fingerprint density at radius 2 is 2.10 bits per heavy atom. The molecule has 1 N–H and O–H groups in total. The van der Waals surface area contributed by atoms with Crippen LogP contribution >= 0.6 is 11.6 Å². The van der Waals surface area contributed by atoms with Gasteiger partial charge in [0.15, 0.2) is 0 Å². The molecule has 0 saturated carbocycles. The van der Waals surface area contributed by atoms with E-state index in [1.807, 2.05) is 4.90 Å². The van der Waals surface area contributed by atoms with Crippen molar-refractivity contribution in [3.63, 3.8) is 0 Å². The van der Waals surface area contributed by atoms with Crippen LogP contribution in [0.4, 0.5) is 0 Å². The SMILES string of the molecule is CN(C)CC1CCN(C(=O)CC(O)c2ccc(Cl)cc2)C1. The normalized spacial score (nSPS) is 20.0. The Labute approximate surface area is 131 Å². The highest BCUT2D eigenvalue weighted by Gasteiger charge is 2.27. The fourth-order valence-corrected chi connectivity index (χ4v) is 2.95. The van der Waals surface area contributed by atoms with Gasteiger partial charge >= 0.3 is 0 Å². The van der Waals surface area contributed by atoms with Crippen LogP contribution in [0.25, 0.3) is 0 Å². The van der Waals surface area contributed by atoms with Gasteiger partial charge in [0.25, 0.3) is 0 Å². The first-order chi connectivity index (χ1) is 9.95. The molecule has 0 radical (unpaired) electrons. The highest BCUT2D eigenvalue weighted by molar-refractivity contribution is 6.30. The number of likely N-dealkylation sites (tertiary alicyclic amines) is 1. The summed E-state index contributed by atoms with van der Waals surface area (Å²) < 4.78 is 0. The highest BCUT2D eigenvalue weighted by atomic mass is 35.5. The number of carbonyl (C=O) groups is 1. The molecule has 2 unspecified atom stereocenters. The second-order valence-electron chi connectivity index (χ2n) is 6.03. The van der Waals surface area contributed by atoms with E-state index in [-0.39, 0.29) is 12.3 Å². The topological polar surface area (TPSA) is 43.8 Å². The molecule has 0 spiro atoms. The average Bonchev–Trinajstić information content (AvgIpc) is 2.87. The van der Waals surface area contributed by atoms with Crippen molar-refractivity contribution in [2.24, 2.45) is 5.92 Å². The number of aliphatic hydroxyl groups excluding tert-OH is 1. The van der Waals surface area contributed by atoms with Crippen LogP contribution in [0.15, 0.2) is 24.3 Å². The maximum absolute atomic E-state index is 12.3. The van der Waals surface area contributed by atoms with E-state index in [1.54, 1.807) is 24.3 Å². The lowest BCUT2D eigenvalue weighted by atomic mass is 10.1. The van der Waals surface area contributed by atoms with E-state index in [4.69, 9.17) is 11.6 Å². The van der Waals surface area contributed by atoms with E-state index >= 15 is 0 Å². The summed E-state index contributed by atoms with van der Waals surface area (Å²) in [7, 11) is 4.10. The van der Waals surface area contributed by atoms with Gasteiger partial charge in [-0.3, -0.25) is 4.79 Å². The number of halogens is 1. The second kappa shape index (κ2) is 7.25. The first-order valence-corrected chi connectivity index (χ1v) is 7.69. The van der Waals surface area contributed by atoms with Crippen molar-refractivity contribution < 1.29 is 9.90 Å². The number of carbonyl (C=O) groups excluding carboxylic acids is 1. The molecule has 1 aliphatic rings. The summed E-state index contributed by atoms with van der Waals surface area (Å²) >= 11 is 5.82. The van der Waals surface area contributed by atoms with E-state index in [9.17, 15) is 9.90 Å². The molecule has 1 aromatic carbocycles. The summed E-state index contributed by atoms with van der Waals surface area (Å²) in [6.45, 7) is 2.60. The summed E-state index contributed by atoms with van der Waals surface area (Å²) in [5, 5.41) is 10.8. The van der Waals surface area contributed by atoms with Crippen molar-refractivity contribution in [3.05, 3.63) is 34.9 Å². The van der Waals surface area contributed by atoms with Crippen molar-refractivity contribution >= 4 is 17.5 Å². The van der Waals surface area contributed by atoms with E-state index in [0.29, 0.717) is 10.9 Å². The van der Waals surface area contributed by atoms with Crippen molar-refractivity contribution in [3.8, 4) is 0 Å². The first-order valence-electron chi connectivity index (χ1n) is 7.31. The predicted octanol–water partition coefficient (Wildman–Crippen LogP) is 2.17. The van der Waals surface area contributed by atoms with Crippen molar-refractivity contribution in [1.29, 1.82) is 0 Å². The monoisotopic (exact) mass is 310 g/mol. The van der Waals surface area contributed by atoms with Gasteiger partial charge in [-0.2, -0.15) is 0 Å². The molecular weight excluding hydrogens is 288 g/mol. The van der Waals surface area contributed by atoms with Crippen LogP contribution in [-0.4, -0.2) is 54.5 Å². The zero-order valence-electron chi connectivity index (χ0n) is 12.6. The van der Waals surface area contributed by atoms with Gasteiger partial charge in [0, 0.05) is 24.7 Å². The summed E-state index contributed by atoms with van der Waals surface area (Å²) in [5.74, 6) is 0.565. The number of benzene rings is 1. The number of amides is 1. The van der Waals surface area contributed by atoms with E-state index in [1.165, 1.54) is 0 Å². The average molecular weight is 311 g/mol. The smallest absolute Gasteiger partial charge is 0.225 e. The summed E-state index contributed by atoms with van der Waals surface area (Å²) in [5.41, 5.74) is 0.733. The lowest BCUT2D eigenvalue weighted by Gasteiger charge is -2.20. The van der Waals surface area contributed by atoms with Gasteiger partial charge < -0.3 is 14.9 Å². The third-order valence-electron chi connectivity index (χ3n) is 3.88. The molecule has 4 nitrogen and oxygen atoms in total. The van der Waals surface area contributed by atoms with Crippen LogP contribution in [0.3, 0.4) is 0 Å². The Balaban J connectivity index is 1.85. The third kappa shape index (κ3) is 4.70. The highest BCUT2D eigenvalue weighted by Crippen LogP contribution is 2.23. The molecule has 1 fully saturated rings. The number of nitrogens with zero attached hydrogens (tertiary/aromatic N) is 2. The minimum Gasteiger partial charge on any atom is -0.388 e. The van der Waals surface area contributed by atoms with Crippen LogP contribution in [0.2, 0.25) is 5.02 Å². The van der Waals surface area contributed by atoms with Gasteiger partial charge in [-0.25, -0.2) is 0 Å². The molecule has 0 aliphatic carbocycles. The minimum absolute atomic E-state index is 0.0266. The largest absolute Gasteiger partial charge is 0.388 e. The fourth-order valence-electron chi connectivity index (χ4n) is 2.82. The number of aliphatic hydroxyl groups is 1. The fraction of sp³-hybridized carbons (Fsp3) is 0.562. The Hall–Kier alpha value is -1.10. The third-order valence-corrected chi connectivity index (χ3v) is 4.14.